The molecule has 19 heavy (non-hydrogen) atoms. The maximum Gasteiger partial charge on any atom is 0.402 e. The Morgan fingerprint density at radius 1 is 1.16 bits per heavy atom. The monoisotopic (exact) mass is 423 g/mol. The molecule has 0 saturated heterocycles. The fourth-order valence-corrected chi connectivity index (χ4v) is 3.69. The van der Waals surface area contributed by atoms with Gasteiger partial charge in [0.15, 0.2) is 0 Å². The van der Waals surface area contributed by atoms with E-state index in [-0.39, 0.29) is 16.8 Å². The highest BCUT2D eigenvalue weighted by Gasteiger charge is 2.36. The van der Waals surface area contributed by atoms with Gasteiger partial charge in [0.2, 0.25) is 10.0 Å². The quantitative estimate of drug-likeness (QED) is 0.679. The van der Waals surface area contributed by atoms with Gasteiger partial charge in [-0.1, -0.05) is 31.9 Å². The lowest BCUT2D eigenvalue weighted by molar-refractivity contribution is -0.135. The Morgan fingerprint density at radius 3 is 2.11 bits per heavy atom. The summed E-state index contributed by atoms with van der Waals surface area (Å²) in [4.78, 5) is -0.166. The van der Waals surface area contributed by atoms with Gasteiger partial charge in [0, 0.05) is 16.3 Å². The van der Waals surface area contributed by atoms with Crippen LogP contribution in [-0.4, -0.2) is 37.3 Å². The average Bonchev–Trinajstić information content (AvgIpc) is 2.27. The Labute approximate surface area is 126 Å². The van der Waals surface area contributed by atoms with E-state index in [1.807, 2.05) is 0 Å². The van der Waals surface area contributed by atoms with Gasteiger partial charge in [-0.3, -0.25) is 0 Å². The van der Waals surface area contributed by atoms with Crippen LogP contribution in [0.25, 0.3) is 0 Å². The number of hydrogen-bond acceptors (Lipinski definition) is 2. The van der Waals surface area contributed by atoms with Gasteiger partial charge in [-0.25, -0.2) is 8.42 Å². The lowest BCUT2D eigenvalue weighted by Crippen LogP contribution is -2.40. The second-order valence-electron chi connectivity index (χ2n) is 3.60. The van der Waals surface area contributed by atoms with Crippen molar-refractivity contribution in [3.8, 4) is 0 Å². The minimum atomic E-state index is -4.58. The first kappa shape index (κ1) is 16.9. The molecule has 0 heterocycles. The zero-order valence-electron chi connectivity index (χ0n) is 9.49. The number of benzene rings is 1. The van der Waals surface area contributed by atoms with Gasteiger partial charge >= 0.3 is 6.18 Å². The van der Waals surface area contributed by atoms with Crippen molar-refractivity contribution >= 4 is 41.9 Å². The molecule has 0 aliphatic rings. The zero-order valence-corrected chi connectivity index (χ0v) is 13.5. The van der Waals surface area contributed by atoms with Crippen LogP contribution in [0.15, 0.2) is 33.6 Å². The number of halogens is 5. The van der Waals surface area contributed by atoms with Gasteiger partial charge in [0.25, 0.3) is 0 Å². The van der Waals surface area contributed by atoms with Crippen LogP contribution in [0.1, 0.15) is 0 Å². The summed E-state index contributed by atoms with van der Waals surface area (Å²) in [5.74, 6) is 0. The van der Waals surface area contributed by atoms with Crippen LogP contribution >= 0.6 is 31.9 Å². The summed E-state index contributed by atoms with van der Waals surface area (Å²) in [6.45, 7) is -1.76. The van der Waals surface area contributed by atoms with Crippen LogP contribution in [0.3, 0.4) is 0 Å². The molecule has 0 atom stereocenters. The molecule has 3 nitrogen and oxygen atoms in total. The largest absolute Gasteiger partial charge is 0.402 e. The molecule has 9 heteroatoms. The van der Waals surface area contributed by atoms with Gasteiger partial charge in [-0.2, -0.15) is 17.5 Å². The van der Waals surface area contributed by atoms with Crippen LogP contribution in [0.4, 0.5) is 13.2 Å². The third kappa shape index (κ3) is 5.05. The molecule has 0 saturated carbocycles. The standard InChI is InChI=1S/C10H10Br2F3NO2S/c11-5-6-16(7-10(13,14)15)19(17,18)9-3-1-8(12)2-4-9/h1-4H,5-7H2. The van der Waals surface area contributed by atoms with Gasteiger partial charge < -0.3 is 0 Å². The molecule has 0 bridgehead atoms. The minimum absolute atomic E-state index is 0.124. The number of hydrogen-bond donors (Lipinski definition) is 0. The van der Waals surface area contributed by atoms with Gasteiger partial charge in [0.05, 0.1) is 4.90 Å². The van der Waals surface area contributed by atoms with Crippen molar-refractivity contribution in [3.05, 3.63) is 28.7 Å². The second-order valence-corrected chi connectivity index (χ2v) is 7.24. The van der Waals surface area contributed by atoms with E-state index >= 15 is 0 Å². The Hall–Kier alpha value is -0.120. The summed E-state index contributed by atoms with van der Waals surface area (Å²) in [5, 5.41) is 0.124. The molecule has 1 aromatic rings. The van der Waals surface area contributed by atoms with E-state index in [1.165, 1.54) is 24.3 Å². The van der Waals surface area contributed by atoms with Crippen molar-refractivity contribution in [1.29, 1.82) is 0 Å². The Kier molecular flexibility index (Phi) is 5.84. The maximum absolute atomic E-state index is 12.4. The van der Waals surface area contributed by atoms with Crippen molar-refractivity contribution in [3.63, 3.8) is 0 Å². The number of nitrogens with zero attached hydrogens (tertiary/aromatic N) is 1. The summed E-state index contributed by atoms with van der Waals surface area (Å²) >= 11 is 6.09. The molecule has 0 radical (unpaired) electrons. The zero-order chi connectivity index (χ0) is 14.7. The Morgan fingerprint density at radius 2 is 1.68 bits per heavy atom. The van der Waals surface area contributed by atoms with Crippen molar-refractivity contribution in [2.24, 2.45) is 0 Å². The molecule has 1 rings (SSSR count). The minimum Gasteiger partial charge on any atom is -0.207 e. The molecule has 0 aliphatic heterocycles. The topological polar surface area (TPSA) is 37.4 Å². The Bertz CT molecular complexity index is 517. The van der Waals surface area contributed by atoms with E-state index < -0.39 is 22.7 Å². The molecule has 1 aromatic carbocycles. The SMILES string of the molecule is O=S(=O)(c1ccc(Br)cc1)N(CCBr)CC(F)(F)F. The van der Waals surface area contributed by atoms with Crippen LogP contribution < -0.4 is 0 Å². The van der Waals surface area contributed by atoms with Crippen LogP contribution in [0.2, 0.25) is 0 Å². The predicted molar refractivity (Wildman–Crippen MR) is 72.7 cm³/mol. The third-order valence-corrected chi connectivity index (χ3v) is 4.88. The third-order valence-electron chi connectivity index (χ3n) is 2.14. The van der Waals surface area contributed by atoms with Crippen molar-refractivity contribution in [1.82, 2.24) is 4.31 Å². The molecule has 0 fully saturated rings. The fourth-order valence-electron chi connectivity index (χ4n) is 1.33. The van der Waals surface area contributed by atoms with E-state index in [2.05, 4.69) is 31.9 Å². The van der Waals surface area contributed by atoms with Crippen LogP contribution in [0.5, 0.6) is 0 Å². The molecule has 0 aliphatic carbocycles. The number of alkyl halides is 4. The van der Waals surface area contributed by atoms with E-state index in [9.17, 15) is 21.6 Å². The van der Waals surface area contributed by atoms with Crippen molar-refractivity contribution < 1.29 is 21.6 Å². The van der Waals surface area contributed by atoms with Gasteiger partial charge in [-0.15, -0.1) is 0 Å². The highest BCUT2D eigenvalue weighted by atomic mass is 79.9. The van der Waals surface area contributed by atoms with Gasteiger partial charge in [-0.05, 0) is 24.3 Å². The van der Waals surface area contributed by atoms with Crippen molar-refractivity contribution in [2.45, 2.75) is 11.1 Å². The second kappa shape index (κ2) is 6.55. The molecular formula is C10H10Br2F3NO2S. The van der Waals surface area contributed by atoms with E-state index in [1.54, 1.807) is 0 Å². The molecule has 108 valence electrons. The molecule has 0 amide bonds. The normalized spacial score (nSPS) is 12.9. The highest BCUT2D eigenvalue weighted by Crippen LogP contribution is 2.23. The molecule has 0 unspecified atom stereocenters. The Balaban J connectivity index is 3.09. The molecule has 0 aromatic heterocycles. The van der Waals surface area contributed by atoms with Crippen molar-refractivity contribution in [2.75, 3.05) is 18.4 Å². The lowest BCUT2D eigenvalue weighted by Gasteiger charge is -2.22. The first-order chi connectivity index (χ1) is 8.66. The summed E-state index contributed by atoms with van der Waals surface area (Å²) < 4.78 is 62.5. The number of sulfonamides is 1. The average molecular weight is 425 g/mol. The van der Waals surface area contributed by atoms with E-state index in [4.69, 9.17) is 0 Å². The lowest BCUT2D eigenvalue weighted by atomic mass is 10.4. The molecule has 0 N–H and O–H groups in total. The summed E-state index contributed by atoms with van der Waals surface area (Å²) in [7, 11) is -4.15. The van der Waals surface area contributed by atoms with Crippen LogP contribution in [-0.2, 0) is 10.0 Å². The number of rotatable bonds is 5. The van der Waals surface area contributed by atoms with Crippen LogP contribution in [0, 0.1) is 0 Å². The molecule has 0 spiro atoms. The maximum atomic E-state index is 12.4. The highest BCUT2D eigenvalue weighted by molar-refractivity contribution is 9.10. The summed E-state index contributed by atoms with van der Waals surface area (Å²) in [6, 6.07) is 5.45. The fraction of sp³-hybridized carbons (Fsp3) is 0.400. The first-order valence-corrected chi connectivity index (χ1v) is 8.41. The summed E-state index contributed by atoms with van der Waals surface area (Å²) in [5.41, 5.74) is 0. The smallest absolute Gasteiger partial charge is 0.207 e. The predicted octanol–water partition coefficient (Wildman–Crippen LogP) is 3.40. The summed E-state index contributed by atoms with van der Waals surface area (Å²) in [6.07, 6.45) is -4.58. The first-order valence-electron chi connectivity index (χ1n) is 5.05. The molecular weight excluding hydrogens is 415 g/mol. The van der Waals surface area contributed by atoms with E-state index in [0.29, 0.717) is 8.78 Å². The van der Waals surface area contributed by atoms with Gasteiger partial charge in [0.1, 0.15) is 6.54 Å². The van der Waals surface area contributed by atoms with E-state index in [0.717, 1.165) is 0 Å².